The highest BCUT2D eigenvalue weighted by Crippen LogP contribution is 2.06. The summed E-state index contributed by atoms with van der Waals surface area (Å²) in [6.45, 7) is 0. The summed E-state index contributed by atoms with van der Waals surface area (Å²) in [6, 6.07) is 0. The van der Waals surface area contributed by atoms with E-state index in [-0.39, 0.29) is 17.2 Å². The highest BCUT2D eigenvalue weighted by molar-refractivity contribution is 5.81. The Labute approximate surface area is 95.2 Å². The predicted molar refractivity (Wildman–Crippen MR) is 54.0 cm³/mol. The molecule has 0 spiro atoms. The first kappa shape index (κ1) is 14.7. The third-order valence-electron chi connectivity index (χ3n) is 1.51. The molecule has 0 aromatic carbocycles. The number of ether oxygens (including phenoxy) is 1. The number of esters is 1. The van der Waals surface area contributed by atoms with E-state index in [4.69, 9.17) is 15.9 Å². The first-order valence-corrected chi connectivity index (χ1v) is 4.18. The Balaban J connectivity index is 0.00000256. The maximum Gasteiger partial charge on any atom is 0.333 e. The lowest BCUT2D eigenvalue weighted by atomic mass is 10.2. The molecule has 0 saturated carbocycles. The Bertz CT molecular complexity index is 393. The molecule has 0 aliphatic rings. The third kappa shape index (κ3) is 4.86. The first-order valence-electron chi connectivity index (χ1n) is 4.18. The first-order chi connectivity index (χ1) is 7.49. The number of nitrogen functional groups attached to an aromatic ring is 1. The van der Waals surface area contributed by atoms with Crippen molar-refractivity contribution in [3.8, 4) is 5.88 Å². The molecule has 1 atom stereocenters. The lowest BCUT2D eigenvalue weighted by molar-refractivity contribution is -0.152. The topological polar surface area (TPSA) is 167 Å². The number of hydrogen-bond donors (Lipinski definition) is 3. The maximum absolute atomic E-state index is 11.1. The number of aromatic nitrogens is 2. The van der Waals surface area contributed by atoms with Crippen LogP contribution >= 0.6 is 0 Å². The maximum atomic E-state index is 11.1. The summed E-state index contributed by atoms with van der Waals surface area (Å²) in [5.41, 5.74) is 5.25. The van der Waals surface area contributed by atoms with Crippen molar-refractivity contribution in [2.75, 3.05) is 5.73 Å². The minimum absolute atomic E-state index is 0. The lowest BCUT2D eigenvalue weighted by Crippen LogP contribution is -2.25. The van der Waals surface area contributed by atoms with Gasteiger partial charge in [-0.05, 0) is 0 Å². The number of hydrogen-bond acceptors (Lipinski definition) is 7. The summed E-state index contributed by atoms with van der Waals surface area (Å²) in [4.78, 5) is 28.5. The second-order valence-electron chi connectivity index (χ2n) is 2.81. The van der Waals surface area contributed by atoms with Gasteiger partial charge in [-0.2, -0.15) is 0 Å². The van der Waals surface area contributed by atoms with E-state index < -0.39 is 24.5 Å². The van der Waals surface area contributed by atoms with Crippen molar-refractivity contribution in [1.82, 2.24) is 9.97 Å². The fourth-order valence-corrected chi connectivity index (χ4v) is 0.782. The largest absolute Gasteiger partial charge is 0.479 e. The highest BCUT2D eigenvalue weighted by atomic mass is 16.5. The van der Waals surface area contributed by atoms with Gasteiger partial charge in [0.05, 0.1) is 18.8 Å². The van der Waals surface area contributed by atoms with Crippen molar-refractivity contribution < 1.29 is 30.0 Å². The standard InChI is InChI=1S/C8H9N3O5.H2O/c9-5-2-11-6(3-10-5)16-7(13)1-4(12)8(14)15;/h2-4,12H,1H2,(H2,9,10)(H,14,15);1H2. The summed E-state index contributed by atoms with van der Waals surface area (Å²) < 4.78 is 4.60. The summed E-state index contributed by atoms with van der Waals surface area (Å²) >= 11 is 0. The van der Waals surface area contributed by atoms with E-state index in [1.807, 2.05) is 0 Å². The molecule has 1 unspecified atom stereocenters. The van der Waals surface area contributed by atoms with Crippen molar-refractivity contribution in [3.63, 3.8) is 0 Å². The van der Waals surface area contributed by atoms with E-state index in [2.05, 4.69) is 14.7 Å². The van der Waals surface area contributed by atoms with Gasteiger partial charge in [0, 0.05) is 0 Å². The number of carboxylic acids is 1. The number of aliphatic hydroxyl groups is 1. The Kier molecular flexibility index (Phi) is 5.51. The van der Waals surface area contributed by atoms with E-state index in [0.29, 0.717) is 0 Å². The highest BCUT2D eigenvalue weighted by Gasteiger charge is 2.19. The van der Waals surface area contributed by atoms with Gasteiger partial charge in [0.15, 0.2) is 6.10 Å². The summed E-state index contributed by atoms with van der Waals surface area (Å²) in [6.07, 6.45) is -0.174. The number of nitrogens with zero attached hydrogens (tertiary/aromatic N) is 2. The average Bonchev–Trinajstić information content (AvgIpc) is 2.21. The number of anilines is 1. The molecule has 0 radical (unpaired) electrons. The van der Waals surface area contributed by atoms with Crippen LogP contribution in [-0.4, -0.2) is 43.7 Å². The molecular weight excluding hydrogens is 234 g/mol. The van der Waals surface area contributed by atoms with E-state index in [9.17, 15) is 9.59 Å². The minimum atomic E-state index is -1.80. The van der Waals surface area contributed by atoms with E-state index in [1.54, 1.807) is 0 Å². The summed E-state index contributed by atoms with van der Waals surface area (Å²) in [7, 11) is 0. The van der Waals surface area contributed by atoms with Crippen LogP contribution in [0, 0.1) is 0 Å². The van der Waals surface area contributed by atoms with E-state index in [0.717, 1.165) is 6.20 Å². The average molecular weight is 245 g/mol. The second-order valence-corrected chi connectivity index (χ2v) is 2.81. The minimum Gasteiger partial charge on any atom is -0.479 e. The van der Waals surface area contributed by atoms with Crippen LogP contribution in [0.3, 0.4) is 0 Å². The molecule has 1 heterocycles. The Morgan fingerprint density at radius 1 is 1.41 bits per heavy atom. The van der Waals surface area contributed by atoms with Gasteiger partial charge < -0.3 is 26.2 Å². The molecule has 0 fully saturated rings. The van der Waals surface area contributed by atoms with Crippen molar-refractivity contribution in [3.05, 3.63) is 12.4 Å². The number of carbonyl (C=O) groups excluding carboxylic acids is 1. The van der Waals surface area contributed by atoms with Crippen LogP contribution in [-0.2, 0) is 9.59 Å². The number of carbonyl (C=O) groups is 2. The third-order valence-corrected chi connectivity index (χ3v) is 1.51. The zero-order valence-corrected chi connectivity index (χ0v) is 8.53. The number of aliphatic hydroxyl groups excluding tert-OH is 1. The Morgan fingerprint density at radius 3 is 2.53 bits per heavy atom. The van der Waals surface area contributed by atoms with Crippen LogP contribution in [0.25, 0.3) is 0 Å². The van der Waals surface area contributed by atoms with Crippen molar-refractivity contribution in [1.29, 1.82) is 0 Å². The van der Waals surface area contributed by atoms with E-state index in [1.165, 1.54) is 6.20 Å². The van der Waals surface area contributed by atoms with Crippen LogP contribution in [0.2, 0.25) is 0 Å². The molecule has 0 aliphatic carbocycles. The van der Waals surface area contributed by atoms with Gasteiger partial charge in [-0.25, -0.2) is 14.8 Å². The van der Waals surface area contributed by atoms with Gasteiger partial charge in [-0.3, -0.25) is 4.79 Å². The lowest BCUT2D eigenvalue weighted by Gasteiger charge is -2.05. The SMILES string of the molecule is Nc1cnc(OC(=O)CC(O)C(=O)O)cn1.O. The van der Waals surface area contributed by atoms with Crippen molar-refractivity contribution in [2.45, 2.75) is 12.5 Å². The van der Waals surface area contributed by atoms with Gasteiger partial charge >= 0.3 is 11.9 Å². The zero-order valence-electron chi connectivity index (χ0n) is 8.53. The van der Waals surface area contributed by atoms with Crippen LogP contribution in [0.15, 0.2) is 12.4 Å². The van der Waals surface area contributed by atoms with Gasteiger partial charge in [0.25, 0.3) is 0 Å². The molecule has 6 N–H and O–H groups in total. The summed E-state index contributed by atoms with van der Waals surface area (Å²) in [5, 5.41) is 17.2. The van der Waals surface area contributed by atoms with Crippen molar-refractivity contribution in [2.24, 2.45) is 0 Å². The molecule has 1 aromatic rings. The van der Waals surface area contributed by atoms with Crippen LogP contribution in [0.5, 0.6) is 5.88 Å². The molecule has 94 valence electrons. The molecule has 0 bridgehead atoms. The van der Waals surface area contributed by atoms with Gasteiger partial charge in [-0.15, -0.1) is 0 Å². The van der Waals surface area contributed by atoms with Crippen LogP contribution in [0.1, 0.15) is 6.42 Å². The fourth-order valence-electron chi connectivity index (χ4n) is 0.782. The number of aliphatic carboxylic acids is 1. The second kappa shape index (κ2) is 6.35. The monoisotopic (exact) mass is 245 g/mol. The molecule has 0 amide bonds. The fraction of sp³-hybridized carbons (Fsp3) is 0.250. The van der Waals surface area contributed by atoms with E-state index >= 15 is 0 Å². The van der Waals surface area contributed by atoms with Gasteiger partial charge in [0.2, 0.25) is 5.88 Å². The van der Waals surface area contributed by atoms with Gasteiger partial charge in [0.1, 0.15) is 5.82 Å². The molecule has 1 rings (SSSR count). The molecular formula is C8H11N3O6. The number of nitrogens with two attached hydrogens (primary N) is 1. The summed E-state index contributed by atoms with van der Waals surface area (Å²) in [5.74, 6) is -2.38. The Morgan fingerprint density at radius 2 is 2.06 bits per heavy atom. The smallest absolute Gasteiger partial charge is 0.333 e. The van der Waals surface area contributed by atoms with Crippen LogP contribution < -0.4 is 10.5 Å². The molecule has 0 saturated heterocycles. The quantitative estimate of drug-likeness (QED) is 0.510. The normalized spacial score (nSPS) is 11.1. The Hall–Kier alpha value is -2.26. The number of carboxylic acid groups (broad SMARTS) is 1. The zero-order chi connectivity index (χ0) is 12.1. The van der Waals surface area contributed by atoms with Gasteiger partial charge in [-0.1, -0.05) is 0 Å². The molecule has 1 aromatic heterocycles. The molecule has 0 aliphatic heterocycles. The molecule has 9 nitrogen and oxygen atoms in total. The predicted octanol–water partition coefficient (Wildman–Crippen LogP) is -2.02. The molecule has 17 heavy (non-hydrogen) atoms. The molecule has 9 heteroatoms. The van der Waals surface area contributed by atoms with Crippen LogP contribution in [0.4, 0.5) is 5.82 Å². The number of rotatable bonds is 4. The van der Waals surface area contributed by atoms with Crippen molar-refractivity contribution >= 4 is 17.8 Å².